The van der Waals surface area contributed by atoms with Crippen LogP contribution in [0.3, 0.4) is 0 Å². The summed E-state index contributed by atoms with van der Waals surface area (Å²) in [4.78, 5) is 10.7. The molecule has 2 nitrogen and oxygen atoms in total. The van der Waals surface area contributed by atoms with Crippen LogP contribution in [0.2, 0.25) is 0 Å². The fourth-order valence-electron chi connectivity index (χ4n) is 0.413. The molecule has 0 N–H and O–H groups in total. The molecule has 0 spiro atoms. The lowest BCUT2D eigenvalue weighted by atomic mass is 10.8. The number of carbonyl (C=O) groups excluding carboxylic acids is 1. The van der Waals surface area contributed by atoms with E-state index < -0.39 is 0 Å². The number of rotatable bonds is 5. The zero-order valence-electron chi connectivity index (χ0n) is 5.93. The van der Waals surface area contributed by atoms with Crippen LogP contribution in [0.15, 0.2) is 0 Å². The summed E-state index contributed by atoms with van der Waals surface area (Å²) < 4.78 is 5.81. The normalized spacial score (nSPS) is 9.40. The Morgan fingerprint density at radius 2 is 2.40 bits per heavy atom. The van der Waals surface area contributed by atoms with E-state index in [4.69, 9.17) is 4.74 Å². The molecule has 0 heterocycles. The largest absolute Gasteiger partial charge is 0.465 e. The fourth-order valence-corrected chi connectivity index (χ4v) is 1.85. The molecule has 0 amide bonds. The Morgan fingerprint density at radius 3 is 2.90 bits per heavy atom. The van der Waals surface area contributed by atoms with Crippen LogP contribution in [-0.2, 0) is 9.53 Å². The predicted molar refractivity (Wildman–Crippen MR) is 52.8 cm³/mol. The molecule has 0 aliphatic rings. The smallest absolute Gasteiger partial charge is 0.315 e. The van der Waals surface area contributed by atoms with Crippen LogP contribution in [0.1, 0.15) is 6.92 Å². The van der Waals surface area contributed by atoms with Gasteiger partial charge in [0.25, 0.3) is 0 Å². The summed E-state index contributed by atoms with van der Waals surface area (Å²) >= 11 is 3.90. The van der Waals surface area contributed by atoms with Gasteiger partial charge in [-0.3, -0.25) is 4.79 Å². The van der Waals surface area contributed by atoms with E-state index in [1.807, 2.05) is 6.92 Å². The van der Waals surface area contributed by atoms with Gasteiger partial charge in [-0.05, 0) is 6.92 Å². The Bertz CT molecular complexity index is 97.7. The molecular formula is C6H11IO2S. The Balaban J connectivity index is 3.05. The van der Waals surface area contributed by atoms with Crippen LogP contribution in [0.5, 0.6) is 0 Å². The highest BCUT2D eigenvalue weighted by Gasteiger charge is 1.99. The molecule has 10 heavy (non-hydrogen) atoms. The molecule has 0 unspecified atom stereocenters. The number of esters is 1. The predicted octanol–water partition coefficient (Wildman–Crippen LogP) is 1.72. The number of hydrogen-bond acceptors (Lipinski definition) is 3. The van der Waals surface area contributed by atoms with Crippen molar-refractivity contribution >= 4 is 40.3 Å². The first-order valence-corrected chi connectivity index (χ1v) is 5.78. The molecular weight excluding hydrogens is 263 g/mol. The van der Waals surface area contributed by atoms with Gasteiger partial charge in [-0.25, -0.2) is 0 Å². The van der Waals surface area contributed by atoms with Gasteiger partial charge in [-0.15, -0.1) is 11.8 Å². The van der Waals surface area contributed by atoms with Crippen molar-refractivity contribution in [1.82, 2.24) is 0 Å². The maximum absolute atomic E-state index is 10.7. The molecule has 0 atom stereocenters. The molecule has 0 aromatic heterocycles. The van der Waals surface area contributed by atoms with Crippen molar-refractivity contribution in [3.05, 3.63) is 0 Å². The maximum Gasteiger partial charge on any atom is 0.315 e. The third-order valence-corrected chi connectivity index (χ3v) is 2.95. The van der Waals surface area contributed by atoms with Crippen molar-refractivity contribution in [2.75, 3.05) is 22.5 Å². The van der Waals surface area contributed by atoms with Crippen LogP contribution < -0.4 is 0 Å². The van der Waals surface area contributed by atoms with E-state index in [0.29, 0.717) is 12.4 Å². The number of halogens is 1. The van der Waals surface area contributed by atoms with Gasteiger partial charge in [-0.2, -0.15) is 0 Å². The molecule has 0 rings (SSSR count). The molecule has 0 radical (unpaired) electrons. The lowest BCUT2D eigenvalue weighted by molar-refractivity contribution is -0.139. The van der Waals surface area contributed by atoms with Gasteiger partial charge < -0.3 is 4.74 Å². The van der Waals surface area contributed by atoms with E-state index in [0.717, 1.165) is 10.2 Å². The Kier molecular flexibility index (Phi) is 8.08. The van der Waals surface area contributed by atoms with E-state index in [-0.39, 0.29) is 5.97 Å². The molecule has 0 saturated carbocycles. The van der Waals surface area contributed by atoms with Gasteiger partial charge in [0.05, 0.1) is 12.4 Å². The molecule has 60 valence electrons. The summed E-state index contributed by atoms with van der Waals surface area (Å²) in [5, 5.41) is 0. The Labute approximate surface area is 79.2 Å². The molecule has 0 aromatic carbocycles. The molecule has 0 saturated heterocycles. The second kappa shape index (κ2) is 7.65. The van der Waals surface area contributed by atoms with Crippen molar-refractivity contribution in [3.8, 4) is 0 Å². The van der Waals surface area contributed by atoms with Gasteiger partial charge in [0.1, 0.15) is 0 Å². The van der Waals surface area contributed by atoms with Crippen LogP contribution >= 0.6 is 34.4 Å². The van der Waals surface area contributed by atoms with Crippen LogP contribution in [0.25, 0.3) is 0 Å². The molecule has 0 aromatic rings. The zero-order chi connectivity index (χ0) is 7.82. The van der Waals surface area contributed by atoms with Crippen molar-refractivity contribution < 1.29 is 9.53 Å². The summed E-state index contributed by atoms with van der Waals surface area (Å²) in [6.07, 6.45) is 0. The number of carbonyl (C=O) groups is 1. The minimum Gasteiger partial charge on any atom is -0.465 e. The average molecular weight is 274 g/mol. The standard InChI is InChI=1S/C6H11IO2S/c1-2-9-6(8)5-10-4-3-7/h2-5H2,1H3. The third kappa shape index (κ3) is 6.67. The zero-order valence-corrected chi connectivity index (χ0v) is 8.91. The molecule has 0 aliphatic heterocycles. The summed E-state index contributed by atoms with van der Waals surface area (Å²) in [5.41, 5.74) is 0. The minimum atomic E-state index is -0.0997. The molecule has 0 bridgehead atoms. The number of alkyl halides is 1. The monoisotopic (exact) mass is 274 g/mol. The van der Waals surface area contributed by atoms with Crippen molar-refractivity contribution in [1.29, 1.82) is 0 Å². The minimum absolute atomic E-state index is 0.0997. The summed E-state index contributed by atoms with van der Waals surface area (Å²) in [5.74, 6) is 1.42. The molecule has 4 heteroatoms. The van der Waals surface area contributed by atoms with Crippen molar-refractivity contribution in [3.63, 3.8) is 0 Å². The van der Waals surface area contributed by atoms with E-state index in [1.165, 1.54) is 0 Å². The van der Waals surface area contributed by atoms with Crippen LogP contribution in [0.4, 0.5) is 0 Å². The topological polar surface area (TPSA) is 26.3 Å². The Morgan fingerprint density at radius 1 is 1.70 bits per heavy atom. The Hall–Kier alpha value is 0.550. The van der Waals surface area contributed by atoms with Gasteiger partial charge in [0, 0.05) is 10.2 Å². The van der Waals surface area contributed by atoms with E-state index in [9.17, 15) is 4.79 Å². The highest BCUT2D eigenvalue weighted by atomic mass is 127. The average Bonchev–Trinajstić information content (AvgIpc) is 1.89. The van der Waals surface area contributed by atoms with E-state index >= 15 is 0 Å². The lowest BCUT2D eigenvalue weighted by Crippen LogP contribution is -2.07. The quantitative estimate of drug-likeness (QED) is 0.330. The summed E-state index contributed by atoms with van der Waals surface area (Å²) in [6, 6.07) is 0. The van der Waals surface area contributed by atoms with Gasteiger partial charge in [-0.1, -0.05) is 22.6 Å². The fraction of sp³-hybridized carbons (Fsp3) is 0.833. The first kappa shape index (κ1) is 10.6. The highest BCUT2D eigenvalue weighted by Crippen LogP contribution is 2.01. The molecule has 0 aliphatic carbocycles. The van der Waals surface area contributed by atoms with E-state index in [1.54, 1.807) is 11.8 Å². The number of ether oxygens (including phenoxy) is 1. The van der Waals surface area contributed by atoms with Crippen molar-refractivity contribution in [2.45, 2.75) is 6.92 Å². The number of thioether (sulfide) groups is 1. The van der Waals surface area contributed by atoms with Gasteiger partial charge in [0.2, 0.25) is 0 Å². The summed E-state index contributed by atoms with van der Waals surface area (Å²) in [7, 11) is 0. The summed E-state index contributed by atoms with van der Waals surface area (Å²) in [6.45, 7) is 2.31. The van der Waals surface area contributed by atoms with Gasteiger partial charge >= 0.3 is 5.97 Å². The van der Waals surface area contributed by atoms with Crippen molar-refractivity contribution in [2.24, 2.45) is 0 Å². The third-order valence-electron chi connectivity index (χ3n) is 0.747. The SMILES string of the molecule is CCOC(=O)CSCCI. The first-order chi connectivity index (χ1) is 4.81. The second-order valence-corrected chi connectivity index (χ2v) is 3.73. The molecule has 0 fully saturated rings. The van der Waals surface area contributed by atoms with Crippen LogP contribution in [0, 0.1) is 0 Å². The lowest BCUT2D eigenvalue weighted by Gasteiger charge is -1.98. The van der Waals surface area contributed by atoms with E-state index in [2.05, 4.69) is 22.6 Å². The highest BCUT2D eigenvalue weighted by molar-refractivity contribution is 14.1. The maximum atomic E-state index is 10.7. The number of hydrogen-bond donors (Lipinski definition) is 0. The van der Waals surface area contributed by atoms with Gasteiger partial charge in [0.15, 0.2) is 0 Å². The second-order valence-electron chi connectivity index (χ2n) is 1.55. The first-order valence-electron chi connectivity index (χ1n) is 3.10. The van der Waals surface area contributed by atoms with Crippen LogP contribution in [-0.4, -0.2) is 28.5 Å².